The Bertz CT molecular complexity index is 2220. The van der Waals surface area contributed by atoms with E-state index in [1.807, 2.05) is 0 Å². The van der Waals surface area contributed by atoms with Crippen LogP contribution in [0.15, 0.2) is 161 Å². The summed E-state index contributed by atoms with van der Waals surface area (Å²) in [6.45, 7) is 0. The number of rotatable bonds is 5. The van der Waals surface area contributed by atoms with Gasteiger partial charge in [0.25, 0.3) is 0 Å². The zero-order valence-corrected chi connectivity index (χ0v) is 27.5. The van der Waals surface area contributed by atoms with Gasteiger partial charge in [0.1, 0.15) is 0 Å². The second-order valence-corrected chi connectivity index (χ2v) is 13.8. The number of aliphatic imine (C=N–C) groups is 1. The van der Waals surface area contributed by atoms with Crippen LogP contribution in [0.4, 0.5) is 0 Å². The first-order valence-electron chi connectivity index (χ1n) is 17.9. The van der Waals surface area contributed by atoms with E-state index >= 15 is 0 Å². The lowest BCUT2D eigenvalue weighted by molar-refractivity contribution is 0.692. The molecule has 0 saturated heterocycles. The van der Waals surface area contributed by atoms with Gasteiger partial charge < -0.3 is 0 Å². The maximum absolute atomic E-state index is 5.34. The van der Waals surface area contributed by atoms with Gasteiger partial charge in [-0.2, -0.15) is 0 Å². The molecule has 1 aliphatic heterocycles. The summed E-state index contributed by atoms with van der Waals surface area (Å²) in [5.74, 6) is 0.385. The normalized spacial score (nSPS) is 22.0. The lowest BCUT2D eigenvalue weighted by Gasteiger charge is -2.29. The highest BCUT2D eigenvalue weighted by molar-refractivity contribution is 6.13. The summed E-state index contributed by atoms with van der Waals surface area (Å²) in [6.07, 6.45) is 34.6. The molecule has 0 amide bonds. The number of fused-ring (bicyclic) bond motifs is 6. The van der Waals surface area contributed by atoms with Crippen molar-refractivity contribution in [3.63, 3.8) is 0 Å². The Morgan fingerprint density at radius 2 is 1.48 bits per heavy atom. The lowest BCUT2D eigenvalue weighted by Crippen LogP contribution is -2.16. The topological polar surface area (TPSA) is 12.4 Å². The maximum atomic E-state index is 5.34. The molecule has 0 N–H and O–H groups in total. The van der Waals surface area contributed by atoms with Crippen LogP contribution in [0.3, 0.4) is 0 Å². The molecule has 0 aromatic heterocycles. The van der Waals surface area contributed by atoms with Crippen molar-refractivity contribution in [3.8, 4) is 0 Å². The predicted octanol–water partition coefficient (Wildman–Crippen LogP) is 12.3. The Balaban J connectivity index is 1.05. The monoisotopic (exact) mass is 619 g/mol. The Morgan fingerprint density at radius 3 is 2.33 bits per heavy atom. The van der Waals surface area contributed by atoms with Crippen molar-refractivity contribution >= 4 is 38.9 Å². The van der Waals surface area contributed by atoms with Gasteiger partial charge in [0, 0.05) is 5.92 Å². The van der Waals surface area contributed by atoms with Crippen molar-refractivity contribution < 1.29 is 0 Å². The molecule has 0 bridgehead atoms. The van der Waals surface area contributed by atoms with Gasteiger partial charge in [-0.15, -0.1) is 0 Å². The smallest absolute Gasteiger partial charge is 0.0796 e. The Hall–Kier alpha value is -5.01. The molecule has 4 aliphatic carbocycles. The van der Waals surface area contributed by atoms with Gasteiger partial charge in [-0.1, -0.05) is 127 Å². The molecular weight excluding hydrogens is 579 g/mol. The molecule has 0 fully saturated rings. The Labute approximate surface area is 284 Å². The molecule has 234 valence electrons. The summed E-state index contributed by atoms with van der Waals surface area (Å²) in [5.41, 5.74) is 13.9. The standard InChI is InChI=1S/C47H41N/c1-3-13-34(14-4-1)46-30-37(31-47(48-46)35-15-5-2-6-16-35)39-18-8-7-17-38(39)33-25-23-32(24-26-33)36-27-28-44-42-21-10-9-19-40(42)41-20-11-12-22-43(41)45(44)29-36/h1-5,7,9-10,12-15,17,19,21-25,27-29,31,33,46H,6,8,11,16,18,20,26,30H2. The molecule has 0 spiro atoms. The van der Waals surface area contributed by atoms with E-state index in [2.05, 4.69) is 140 Å². The zero-order chi connectivity index (χ0) is 31.9. The van der Waals surface area contributed by atoms with E-state index in [4.69, 9.17) is 4.99 Å². The lowest BCUT2D eigenvalue weighted by atomic mass is 9.78. The van der Waals surface area contributed by atoms with Crippen LogP contribution in [0.25, 0.3) is 33.2 Å². The van der Waals surface area contributed by atoms with Crippen molar-refractivity contribution in [2.24, 2.45) is 10.9 Å². The number of hydrogen-bond donors (Lipinski definition) is 0. The molecule has 2 unspecified atom stereocenters. The van der Waals surface area contributed by atoms with E-state index in [-0.39, 0.29) is 6.04 Å². The van der Waals surface area contributed by atoms with Crippen LogP contribution in [0, 0.1) is 5.92 Å². The minimum absolute atomic E-state index is 0.159. The van der Waals surface area contributed by atoms with Gasteiger partial charge in [0.15, 0.2) is 0 Å². The van der Waals surface area contributed by atoms with E-state index < -0.39 is 0 Å². The zero-order valence-electron chi connectivity index (χ0n) is 27.5. The molecule has 1 heteroatoms. The highest BCUT2D eigenvalue weighted by atomic mass is 14.8. The van der Waals surface area contributed by atoms with Crippen LogP contribution in [0.1, 0.15) is 73.2 Å². The molecule has 0 radical (unpaired) electrons. The van der Waals surface area contributed by atoms with Gasteiger partial charge in [-0.25, -0.2) is 0 Å². The number of benzene rings is 4. The van der Waals surface area contributed by atoms with Crippen LogP contribution >= 0.6 is 0 Å². The van der Waals surface area contributed by atoms with Gasteiger partial charge in [-0.3, -0.25) is 4.99 Å². The molecular formula is C47H41N. The SMILES string of the molecule is C1=CCCC(C2=NC(c3ccccc3)CC(C3=C(C4C=CC(c5ccc6c(c5)c5c(c7ccccc76)CCC=C5)=CC4)C=CCC3)=C2)=C1. The molecule has 4 aromatic rings. The molecule has 4 aromatic carbocycles. The molecule has 5 aliphatic rings. The summed E-state index contributed by atoms with van der Waals surface area (Å²) in [5, 5.41) is 5.53. The van der Waals surface area contributed by atoms with Crippen molar-refractivity contribution in [2.75, 3.05) is 0 Å². The van der Waals surface area contributed by atoms with E-state index in [9.17, 15) is 0 Å². The highest BCUT2D eigenvalue weighted by Gasteiger charge is 2.26. The van der Waals surface area contributed by atoms with Crippen molar-refractivity contribution in [3.05, 3.63) is 178 Å². The van der Waals surface area contributed by atoms with Gasteiger partial charge in [0.05, 0.1) is 11.8 Å². The number of dihydropyridines is 1. The second kappa shape index (κ2) is 12.5. The highest BCUT2D eigenvalue weighted by Crippen LogP contribution is 2.42. The minimum Gasteiger partial charge on any atom is -0.277 e. The first-order chi connectivity index (χ1) is 23.8. The van der Waals surface area contributed by atoms with Crippen LogP contribution in [-0.4, -0.2) is 5.71 Å². The third kappa shape index (κ3) is 5.32. The number of aryl methyl sites for hydroxylation is 1. The Kier molecular flexibility index (Phi) is 7.62. The molecule has 1 heterocycles. The predicted molar refractivity (Wildman–Crippen MR) is 205 cm³/mol. The average molecular weight is 620 g/mol. The van der Waals surface area contributed by atoms with Crippen molar-refractivity contribution in [2.45, 2.75) is 57.4 Å². The molecule has 2 atom stereocenters. The van der Waals surface area contributed by atoms with Gasteiger partial charge in [-0.05, 0) is 135 Å². The molecule has 1 nitrogen and oxygen atoms in total. The average Bonchev–Trinajstić information content (AvgIpc) is 3.18. The van der Waals surface area contributed by atoms with E-state index in [0.717, 1.165) is 51.4 Å². The molecule has 48 heavy (non-hydrogen) atoms. The summed E-state index contributed by atoms with van der Waals surface area (Å²) >= 11 is 0. The Morgan fingerprint density at radius 1 is 0.667 bits per heavy atom. The van der Waals surface area contributed by atoms with Crippen molar-refractivity contribution in [1.82, 2.24) is 0 Å². The van der Waals surface area contributed by atoms with Crippen LogP contribution in [0.5, 0.6) is 0 Å². The summed E-state index contributed by atoms with van der Waals surface area (Å²) in [7, 11) is 0. The summed E-state index contributed by atoms with van der Waals surface area (Å²) < 4.78 is 0. The summed E-state index contributed by atoms with van der Waals surface area (Å²) in [6, 6.07) is 27.2. The first-order valence-corrected chi connectivity index (χ1v) is 17.9. The number of allylic oxidation sites excluding steroid dienone is 14. The fraction of sp³-hybridized carbons (Fsp3) is 0.213. The summed E-state index contributed by atoms with van der Waals surface area (Å²) in [4.78, 5) is 5.34. The fourth-order valence-corrected chi connectivity index (χ4v) is 8.55. The largest absolute Gasteiger partial charge is 0.277 e. The third-order valence-corrected chi connectivity index (χ3v) is 11.0. The van der Waals surface area contributed by atoms with E-state index in [1.165, 1.54) is 71.8 Å². The van der Waals surface area contributed by atoms with Crippen LogP contribution < -0.4 is 0 Å². The van der Waals surface area contributed by atoms with E-state index in [0.29, 0.717) is 5.92 Å². The molecule has 9 rings (SSSR count). The van der Waals surface area contributed by atoms with Gasteiger partial charge >= 0.3 is 0 Å². The maximum Gasteiger partial charge on any atom is 0.0796 e. The minimum atomic E-state index is 0.159. The number of nitrogens with zero attached hydrogens (tertiary/aromatic N) is 1. The van der Waals surface area contributed by atoms with E-state index in [1.54, 1.807) is 5.57 Å². The third-order valence-electron chi connectivity index (χ3n) is 11.0. The first kappa shape index (κ1) is 29.2. The molecule has 0 saturated carbocycles. The van der Waals surface area contributed by atoms with Crippen LogP contribution in [0.2, 0.25) is 0 Å². The quantitative estimate of drug-likeness (QED) is 0.197. The number of hydrogen-bond acceptors (Lipinski definition) is 1. The van der Waals surface area contributed by atoms with Gasteiger partial charge in [0.2, 0.25) is 0 Å². The van der Waals surface area contributed by atoms with Crippen LogP contribution in [-0.2, 0) is 6.42 Å². The fourth-order valence-electron chi connectivity index (χ4n) is 8.55. The second-order valence-electron chi connectivity index (χ2n) is 13.8. The van der Waals surface area contributed by atoms with Crippen molar-refractivity contribution in [1.29, 1.82) is 0 Å².